The largest absolute Gasteiger partial charge is 0.437 e. The molecule has 24 heavy (non-hydrogen) atoms. The van der Waals surface area contributed by atoms with Crippen LogP contribution in [0.15, 0.2) is 60.9 Å². The lowest BCUT2D eigenvalue weighted by molar-refractivity contribution is 0.432. The van der Waals surface area contributed by atoms with Gasteiger partial charge in [0.1, 0.15) is 30.0 Å². The fourth-order valence-corrected chi connectivity index (χ4v) is 1.96. The molecule has 6 heteroatoms. The summed E-state index contributed by atoms with van der Waals surface area (Å²) in [6.45, 7) is 0. The van der Waals surface area contributed by atoms with Crippen LogP contribution in [0, 0.1) is 22.7 Å². The molecule has 0 saturated heterocycles. The van der Waals surface area contributed by atoms with E-state index in [1.807, 2.05) is 12.1 Å². The minimum Gasteiger partial charge on any atom is -0.437 e. The molecular formula is C18H10N4O2. The summed E-state index contributed by atoms with van der Waals surface area (Å²) in [5.41, 5.74) is 0.793. The monoisotopic (exact) mass is 314 g/mol. The van der Waals surface area contributed by atoms with E-state index in [1.165, 1.54) is 12.4 Å². The average Bonchev–Trinajstić information content (AvgIpc) is 2.63. The van der Waals surface area contributed by atoms with Crippen LogP contribution in [-0.4, -0.2) is 9.97 Å². The van der Waals surface area contributed by atoms with Gasteiger partial charge in [-0.15, -0.1) is 0 Å². The molecule has 0 fully saturated rings. The smallest absolute Gasteiger partial charge is 0.226 e. The van der Waals surface area contributed by atoms with Crippen LogP contribution >= 0.6 is 0 Å². The third-order valence-corrected chi connectivity index (χ3v) is 3.06. The Morgan fingerprint density at radius 1 is 0.708 bits per heavy atom. The van der Waals surface area contributed by atoms with Crippen molar-refractivity contribution in [2.75, 3.05) is 0 Å². The van der Waals surface area contributed by atoms with Gasteiger partial charge >= 0.3 is 0 Å². The SMILES string of the molecule is N#Cc1ccccc1Oc1cc(Oc2ccccc2C#N)ncn1. The molecule has 0 unspecified atom stereocenters. The van der Waals surface area contributed by atoms with Crippen LogP contribution in [0.3, 0.4) is 0 Å². The van der Waals surface area contributed by atoms with Gasteiger partial charge in [0.2, 0.25) is 11.8 Å². The molecule has 0 atom stereocenters. The number of hydrogen-bond acceptors (Lipinski definition) is 6. The Hall–Kier alpha value is -3.90. The first-order valence-corrected chi connectivity index (χ1v) is 6.96. The molecule has 2 aromatic carbocycles. The third kappa shape index (κ3) is 3.29. The molecule has 0 spiro atoms. The minimum absolute atomic E-state index is 0.233. The number of rotatable bonds is 4. The molecule has 0 aliphatic carbocycles. The Morgan fingerprint density at radius 3 is 1.62 bits per heavy atom. The molecule has 6 nitrogen and oxygen atoms in total. The van der Waals surface area contributed by atoms with Crippen molar-refractivity contribution in [3.63, 3.8) is 0 Å². The molecule has 1 aromatic heterocycles. The summed E-state index contributed by atoms with van der Waals surface area (Å²) in [5, 5.41) is 18.2. The van der Waals surface area contributed by atoms with Gasteiger partial charge in [-0.25, -0.2) is 9.97 Å². The molecule has 0 amide bonds. The fourth-order valence-electron chi connectivity index (χ4n) is 1.96. The molecule has 0 N–H and O–H groups in total. The van der Waals surface area contributed by atoms with Gasteiger partial charge in [0.05, 0.1) is 17.2 Å². The van der Waals surface area contributed by atoms with Crippen molar-refractivity contribution < 1.29 is 9.47 Å². The van der Waals surface area contributed by atoms with Crippen LogP contribution in [0.5, 0.6) is 23.3 Å². The molecule has 0 aliphatic rings. The normalized spacial score (nSPS) is 9.58. The van der Waals surface area contributed by atoms with Crippen molar-refractivity contribution in [3.05, 3.63) is 72.1 Å². The first-order chi connectivity index (χ1) is 11.8. The molecule has 114 valence electrons. The van der Waals surface area contributed by atoms with E-state index < -0.39 is 0 Å². The molecule has 0 bridgehead atoms. The zero-order valence-corrected chi connectivity index (χ0v) is 12.4. The first kappa shape index (κ1) is 15.0. The number of nitrogens with zero attached hydrogens (tertiary/aromatic N) is 4. The molecule has 1 heterocycles. The van der Waals surface area contributed by atoms with Gasteiger partial charge in [0.15, 0.2) is 0 Å². The molecule has 3 rings (SSSR count). The van der Waals surface area contributed by atoms with Gasteiger partial charge in [-0.1, -0.05) is 24.3 Å². The maximum atomic E-state index is 9.09. The lowest BCUT2D eigenvalue weighted by atomic mass is 10.2. The van der Waals surface area contributed by atoms with Gasteiger partial charge in [-0.05, 0) is 24.3 Å². The van der Waals surface area contributed by atoms with E-state index in [9.17, 15) is 0 Å². The lowest BCUT2D eigenvalue weighted by Crippen LogP contribution is -1.95. The fraction of sp³-hybridized carbons (Fsp3) is 0. The van der Waals surface area contributed by atoms with E-state index >= 15 is 0 Å². The number of para-hydroxylation sites is 2. The standard InChI is InChI=1S/C18H10N4O2/c19-10-13-5-1-3-7-15(13)23-17-9-18(22-12-21-17)24-16-8-4-2-6-14(16)11-20/h1-9,12H. The van der Waals surface area contributed by atoms with Crippen LogP contribution in [0.2, 0.25) is 0 Å². The maximum absolute atomic E-state index is 9.09. The highest BCUT2D eigenvalue weighted by Gasteiger charge is 2.09. The Labute approximate surface area is 138 Å². The summed E-state index contributed by atoms with van der Waals surface area (Å²) in [5.74, 6) is 1.25. The predicted molar refractivity (Wildman–Crippen MR) is 84.5 cm³/mol. The van der Waals surface area contributed by atoms with E-state index in [4.69, 9.17) is 20.0 Å². The van der Waals surface area contributed by atoms with Crippen molar-refractivity contribution in [1.82, 2.24) is 9.97 Å². The average molecular weight is 314 g/mol. The zero-order valence-electron chi connectivity index (χ0n) is 12.4. The maximum Gasteiger partial charge on any atom is 0.226 e. The summed E-state index contributed by atoms with van der Waals surface area (Å²) in [4.78, 5) is 8.01. The van der Waals surface area contributed by atoms with Crippen molar-refractivity contribution in [2.45, 2.75) is 0 Å². The highest BCUT2D eigenvalue weighted by molar-refractivity contribution is 5.46. The Balaban J connectivity index is 1.85. The summed E-state index contributed by atoms with van der Waals surface area (Å²) >= 11 is 0. The van der Waals surface area contributed by atoms with E-state index in [2.05, 4.69) is 9.97 Å². The van der Waals surface area contributed by atoms with E-state index in [0.29, 0.717) is 22.6 Å². The molecule has 0 saturated carbocycles. The number of nitriles is 2. The second-order valence-electron chi connectivity index (χ2n) is 4.61. The van der Waals surface area contributed by atoms with E-state index in [-0.39, 0.29) is 11.8 Å². The summed E-state index contributed by atoms with van der Waals surface area (Å²) in [6, 6.07) is 19.3. The minimum atomic E-state index is 0.233. The number of benzene rings is 2. The quantitative estimate of drug-likeness (QED) is 0.727. The predicted octanol–water partition coefficient (Wildman–Crippen LogP) is 3.80. The van der Waals surface area contributed by atoms with Crippen molar-refractivity contribution in [2.24, 2.45) is 0 Å². The highest BCUT2D eigenvalue weighted by Crippen LogP contribution is 2.27. The number of aromatic nitrogens is 2. The van der Waals surface area contributed by atoms with Gasteiger partial charge < -0.3 is 9.47 Å². The lowest BCUT2D eigenvalue weighted by Gasteiger charge is -2.08. The Bertz CT molecular complexity index is 883. The van der Waals surface area contributed by atoms with Crippen LogP contribution in [0.1, 0.15) is 11.1 Å². The van der Waals surface area contributed by atoms with Crippen LogP contribution in [-0.2, 0) is 0 Å². The topological polar surface area (TPSA) is 91.8 Å². The summed E-state index contributed by atoms with van der Waals surface area (Å²) in [7, 11) is 0. The van der Waals surface area contributed by atoms with Crippen LogP contribution in [0.4, 0.5) is 0 Å². The second-order valence-corrected chi connectivity index (χ2v) is 4.61. The molecule has 0 radical (unpaired) electrons. The second kappa shape index (κ2) is 6.91. The van der Waals surface area contributed by atoms with Crippen molar-refractivity contribution in [1.29, 1.82) is 10.5 Å². The Kier molecular flexibility index (Phi) is 4.32. The molecule has 3 aromatic rings. The van der Waals surface area contributed by atoms with Gasteiger partial charge in [-0.2, -0.15) is 10.5 Å². The third-order valence-electron chi connectivity index (χ3n) is 3.06. The number of ether oxygens (including phenoxy) is 2. The Morgan fingerprint density at radius 2 is 1.17 bits per heavy atom. The number of hydrogen-bond donors (Lipinski definition) is 0. The first-order valence-electron chi connectivity index (χ1n) is 6.96. The van der Waals surface area contributed by atoms with E-state index in [0.717, 1.165) is 0 Å². The van der Waals surface area contributed by atoms with Gasteiger partial charge in [-0.3, -0.25) is 0 Å². The highest BCUT2D eigenvalue weighted by atomic mass is 16.5. The summed E-state index contributed by atoms with van der Waals surface area (Å²) in [6.07, 6.45) is 1.29. The molecular weight excluding hydrogens is 304 g/mol. The van der Waals surface area contributed by atoms with E-state index in [1.54, 1.807) is 48.5 Å². The molecule has 0 aliphatic heterocycles. The zero-order chi connectivity index (χ0) is 16.8. The van der Waals surface area contributed by atoms with Gasteiger partial charge in [0, 0.05) is 0 Å². The van der Waals surface area contributed by atoms with Gasteiger partial charge in [0.25, 0.3) is 0 Å². The van der Waals surface area contributed by atoms with Crippen molar-refractivity contribution >= 4 is 0 Å². The van der Waals surface area contributed by atoms with Crippen LogP contribution < -0.4 is 9.47 Å². The van der Waals surface area contributed by atoms with Crippen molar-refractivity contribution in [3.8, 4) is 35.4 Å². The summed E-state index contributed by atoms with van der Waals surface area (Å²) < 4.78 is 11.2. The van der Waals surface area contributed by atoms with Crippen LogP contribution in [0.25, 0.3) is 0 Å².